The molecule has 160 valence electrons. The van der Waals surface area contributed by atoms with E-state index in [4.69, 9.17) is 4.74 Å². The number of carbonyl (C=O) groups is 2. The maximum Gasteiger partial charge on any atom is 0.415 e. The van der Waals surface area contributed by atoms with Crippen molar-refractivity contribution in [1.82, 2.24) is 14.8 Å². The fourth-order valence-corrected chi connectivity index (χ4v) is 3.52. The highest BCUT2D eigenvalue weighted by molar-refractivity contribution is 6.04. The molecule has 2 N–H and O–H groups in total. The molecule has 7 nitrogen and oxygen atoms in total. The number of hydrogen-bond donors (Lipinski definition) is 2. The van der Waals surface area contributed by atoms with Crippen LogP contribution in [-0.4, -0.2) is 59.5 Å². The highest BCUT2D eigenvalue weighted by Crippen LogP contribution is 2.18. The quantitative estimate of drug-likeness (QED) is 0.641. The first-order chi connectivity index (χ1) is 15.2. The minimum absolute atomic E-state index is 0.181. The lowest BCUT2D eigenvalue weighted by molar-refractivity contribution is 0.102. The van der Waals surface area contributed by atoms with Crippen LogP contribution >= 0.6 is 0 Å². The molecule has 2 aromatic carbocycles. The van der Waals surface area contributed by atoms with Crippen LogP contribution in [0, 0.1) is 0 Å². The van der Waals surface area contributed by atoms with Crippen molar-refractivity contribution >= 4 is 17.7 Å². The zero-order valence-corrected chi connectivity index (χ0v) is 17.3. The Kier molecular flexibility index (Phi) is 6.64. The van der Waals surface area contributed by atoms with Gasteiger partial charge in [0.25, 0.3) is 5.91 Å². The van der Waals surface area contributed by atoms with Gasteiger partial charge in [0.15, 0.2) is 0 Å². The molecule has 2 heterocycles. The van der Waals surface area contributed by atoms with Gasteiger partial charge >= 0.3 is 6.09 Å². The van der Waals surface area contributed by atoms with Crippen LogP contribution in [0.2, 0.25) is 0 Å². The number of aromatic nitrogens is 1. The van der Waals surface area contributed by atoms with Gasteiger partial charge in [-0.05, 0) is 48.5 Å². The summed E-state index contributed by atoms with van der Waals surface area (Å²) in [6.07, 6.45) is 2.57. The normalized spacial score (nSPS) is 14.3. The number of ether oxygens (including phenoxy) is 1. The van der Waals surface area contributed by atoms with Crippen molar-refractivity contribution in [3.8, 4) is 5.75 Å². The molecule has 2 amide bonds. The number of nitrogens with zero attached hydrogens (tertiary/aromatic N) is 2. The van der Waals surface area contributed by atoms with Gasteiger partial charge in [-0.15, -0.1) is 0 Å². The lowest BCUT2D eigenvalue weighted by atomic mass is 10.2. The van der Waals surface area contributed by atoms with Crippen molar-refractivity contribution in [3.63, 3.8) is 0 Å². The van der Waals surface area contributed by atoms with Crippen LogP contribution in [0.4, 0.5) is 10.5 Å². The summed E-state index contributed by atoms with van der Waals surface area (Å²) in [5, 5.41) is 2.83. The van der Waals surface area contributed by atoms with Gasteiger partial charge < -0.3 is 19.9 Å². The van der Waals surface area contributed by atoms with Crippen molar-refractivity contribution in [2.45, 2.75) is 6.42 Å². The van der Waals surface area contributed by atoms with Crippen LogP contribution in [0.5, 0.6) is 5.75 Å². The predicted molar refractivity (Wildman–Crippen MR) is 119 cm³/mol. The van der Waals surface area contributed by atoms with E-state index in [0.717, 1.165) is 26.1 Å². The molecule has 1 aliphatic rings. The Morgan fingerprint density at radius 1 is 0.903 bits per heavy atom. The van der Waals surface area contributed by atoms with Crippen LogP contribution < -0.4 is 10.1 Å². The Balaban J connectivity index is 1.22. The molecule has 0 bridgehead atoms. The summed E-state index contributed by atoms with van der Waals surface area (Å²) in [6.45, 7) is 3.93. The highest BCUT2D eigenvalue weighted by atomic mass is 16.6. The molecule has 0 unspecified atom stereocenters. The Hall–Kier alpha value is -3.58. The molecule has 4 rings (SSSR count). The van der Waals surface area contributed by atoms with E-state index in [2.05, 4.69) is 21.3 Å². The van der Waals surface area contributed by atoms with Crippen molar-refractivity contribution < 1.29 is 14.3 Å². The monoisotopic (exact) mass is 418 g/mol. The fourth-order valence-electron chi connectivity index (χ4n) is 3.52. The van der Waals surface area contributed by atoms with Gasteiger partial charge in [-0.1, -0.05) is 18.2 Å². The molecule has 1 saturated heterocycles. The van der Waals surface area contributed by atoms with Gasteiger partial charge in [0.05, 0.1) is 0 Å². The van der Waals surface area contributed by atoms with E-state index in [1.807, 2.05) is 30.5 Å². The molecule has 1 aliphatic heterocycles. The Morgan fingerprint density at radius 3 is 2.32 bits per heavy atom. The number of carbonyl (C=O) groups excluding carboxylic acids is 2. The molecule has 1 fully saturated rings. The second-order valence-corrected chi connectivity index (χ2v) is 7.49. The standard InChI is InChI=1S/C24H26N4O3/c29-23(19-5-2-1-3-6-19)26-21-8-10-22(11-9-21)31-24(30)28-17-15-27(16-18-28)14-12-20-7-4-13-25-20/h1-11,13,25H,12,14-18H2,(H,26,29). The SMILES string of the molecule is O=C(Nc1ccc(OC(=O)N2CCN(CCc3ccc[nH]3)CC2)cc1)c1ccccc1. The summed E-state index contributed by atoms with van der Waals surface area (Å²) >= 11 is 0. The van der Waals surface area contributed by atoms with Gasteiger partial charge in [-0.3, -0.25) is 9.69 Å². The smallest absolute Gasteiger partial charge is 0.410 e. The molecule has 1 aromatic heterocycles. The van der Waals surface area contributed by atoms with E-state index in [0.29, 0.717) is 30.1 Å². The van der Waals surface area contributed by atoms with E-state index >= 15 is 0 Å². The summed E-state index contributed by atoms with van der Waals surface area (Å²) in [7, 11) is 0. The first-order valence-electron chi connectivity index (χ1n) is 10.5. The molecule has 0 aliphatic carbocycles. The number of aromatic amines is 1. The number of anilines is 1. The van der Waals surface area contributed by atoms with Crippen molar-refractivity contribution in [2.75, 3.05) is 38.0 Å². The molecule has 0 saturated carbocycles. The Labute approximate surface area is 181 Å². The first-order valence-corrected chi connectivity index (χ1v) is 10.5. The Bertz CT molecular complexity index is 979. The zero-order valence-electron chi connectivity index (χ0n) is 17.3. The number of hydrogen-bond acceptors (Lipinski definition) is 4. The number of piperazine rings is 1. The maximum atomic E-state index is 12.5. The third-order valence-electron chi connectivity index (χ3n) is 5.34. The van der Waals surface area contributed by atoms with E-state index in [-0.39, 0.29) is 12.0 Å². The van der Waals surface area contributed by atoms with Gasteiger partial charge in [0.2, 0.25) is 0 Å². The second-order valence-electron chi connectivity index (χ2n) is 7.49. The lowest BCUT2D eigenvalue weighted by Crippen LogP contribution is -2.49. The van der Waals surface area contributed by atoms with Gasteiger partial charge in [-0.2, -0.15) is 0 Å². The number of amides is 2. The van der Waals surface area contributed by atoms with E-state index < -0.39 is 0 Å². The third kappa shape index (κ3) is 5.73. The van der Waals surface area contributed by atoms with Gasteiger partial charge in [-0.25, -0.2) is 4.79 Å². The molecular formula is C24H26N4O3. The number of rotatable bonds is 6. The average Bonchev–Trinajstić information content (AvgIpc) is 3.33. The molecule has 0 spiro atoms. The van der Waals surface area contributed by atoms with Crippen LogP contribution in [0.15, 0.2) is 72.9 Å². The van der Waals surface area contributed by atoms with E-state index in [1.54, 1.807) is 41.3 Å². The minimum atomic E-state index is -0.343. The van der Waals surface area contributed by atoms with E-state index in [9.17, 15) is 9.59 Å². The lowest BCUT2D eigenvalue weighted by Gasteiger charge is -2.33. The first kappa shape index (κ1) is 20.7. The van der Waals surface area contributed by atoms with Crippen molar-refractivity contribution in [1.29, 1.82) is 0 Å². The largest absolute Gasteiger partial charge is 0.415 e. The molecule has 0 atom stereocenters. The Morgan fingerprint density at radius 2 is 1.65 bits per heavy atom. The van der Waals surface area contributed by atoms with Gasteiger partial charge in [0, 0.05) is 62.3 Å². The fraction of sp³-hybridized carbons (Fsp3) is 0.250. The zero-order chi connectivity index (χ0) is 21.5. The minimum Gasteiger partial charge on any atom is -0.410 e. The number of benzene rings is 2. The van der Waals surface area contributed by atoms with Crippen molar-refractivity contribution in [2.24, 2.45) is 0 Å². The summed E-state index contributed by atoms with van der Waals surface area (Å²) in [6, 6.07) is 19.9. The summed E-state index contributed by atoms with van der Waals surface area (Å²) in [4.78, 5) is 32.0. The number of H-pyrrole nitrogens is 1. The summed E-state index contributed by atoms with van der Waals surface area (Å²) in [5.41, 5.74) is 2.46. The number of nitrogens with one attached hydrogen (secondary N) is 2. The third-order valence-corrected chi connectivity index (χ3v) is 5.34. The molecule has 31 heavy (non-hydrogen) atoms. The van der Waals surface area contributed by atoms with Crippen LogP contribution in [0.25, 0.3) is 0 Å². The van der Waals surface area contributed by atoms with Crippen LogP contribution in [-0.2, 0) is 6.42 Å². The van der Waals surface area contributed by atoms with Crippen LogP contribution in [0.3, 0.4) is 0 Å². The second kappa shape index (κ2) is 9.95. The molecule has 0 radical (unpaired) electrons. The topological polar surface area (TPSA) is 77.7 Å². The van der Waals surface area contributed by atoms with Crippen LogP contribution in [0.1, 0.15) is 16.1 Å². The summed E-state index contributed by atoms with van der Waals surface area (Å²) < 4.78 is 5.50. The maximum absolute atomic E-state index is 12.5. The van der Waals surface area contributed by atoms with Gasteiger partial charge in [0.1, 0.15) is 5.75 Å². The molecule has 3 aromatic rings. The summed E-state index contributed by atoms with van der Waals surface area (Å²) in [5.74, 6) is 0.274. The molecular weight excluding hydrogens is 392 g/mol. The van der Waals surface area contributed by atoms with E-state index in [1.165, 1.54) is 5.69 Å². The molecule has 7 heteroatoms. The van der Waals surface area contributed by atoms with Crippen molar-refractivity contribution in [3.05, 3.63) is 84.2 Å². The average molecular weight is 418 g/mol. The predicted octanol–water partition coefficient (Wildman–Crippen LogP) is 3.63. The highest BCUT2D eigenvalue weighted by Gasteiger charge is 2.22.